The molecule has 0 amide bonds. The van der Waals surface area contributed by atoms with Crippen LogP contribution in [0.3, 0.4) is 0 Å². The number of carbonyl (C=O) groups is 2. The molecule has 1 saturated heterocycles. The number of esters is 1. The third-order valence-electron chi connectivity index (χ3n) is 3.36. The lowest BCUT2D eigenvalue weighted by molar-refractivity contribution is -0.153. The van der Waals surface area contributed by atoms with E-state index in [9.17, 15) is 14.7 Å². The van der Waals surface area contributed by atoms with Gasteiger partial charge < -0.3 is 9.84 Å². The Bertz CT molecular complexity index is 293. The Labute approximate surface area is 108 Å². The predicted molar refractivity (Wildman–Crippen MR) is 67.3 cm³/mol. The maximum absolute atomic E-state index is 11.7. The highest BCUT2D eigenvalue weighted by Crippen LogP contribution is 2.21. The molecule has 0 aromatic heterocycles. The van der Waals surface area contributed by atoms with E-state index in [1.807, 2.05) is 11.8 Å². The second-order valence-electron chi connectivity index (χ2n) is 4.73. The molecule has 18 heavy (non-hydrogen) atoms. The normalized spacial score (nSPS) is 22.4. The van der Waals surface area contributed by atoms with Crippen molar-refractivity contribution >= 4 is 11.9 Å². The summed E-state index contributed by atoms with van der Waals surface area (Å²) in [6.07, 6.45) is 3.12. The molecule has 1 fully saturated rings. The van der Waals surface area contributed by atoms with E-state index in [4.69, 9.17) is 4.74 Å². The molecule has 0 radical (unpaired) electrons. The number of likely N-dealkylation sites (tertiary alicyclic amines) is 1. The highest BCUT2D eigenvalue weighted by Gasteiger charge is 2.33. The Morgan fingerprint density at radius 2 is 2.17 bits per heavy atom. The summed E-state index contributed by atoms with van der Waals surface area (Å²) in [5.74, 6) is -1.15. The minimum Gasteiger partial charge on any atom is -0.480 e. The lowest BCUT2D eigenvalue weighted by atomic mass is 9.96. The largest absolute Gasteiger partial charge is 0.480 e. The molecule has 0 aromatic rings. The maximum Gasteiger partial charge on any atom is 0.320 e. The van der Waals surface area contributed by atoms with Crippen molar-refractivity contribution in [1.82, 2.24) is 4.90 Å². The van der Waals surface area contributed by atoms with Gasteiger partial charge in [-0.25, -0.2) is 0 Å². The van der Waals surface area contributed by atoms with E-state index in [1.165, 1.54) is 0 Å². The van der Waals surface area contributed by atoms with Crippen LogP contribution in [0.2, 0.25) is 0 Å². The average molecular weight is 257 g/mol. The summed E-state index contributed by atoms with van der Waals surface area (Å²) in [5, 5.41) is 9.23. The number of rotatable bonds is 6. The molecular weight excluding hydrogens is 234 g/mol. The van der Waals surface area contributed by atoms with Gasteiger partial charge in [-0.15, -0.1) is 0 Å². The summed E-state index contributed by atoms with van der Waals surface area (Å²) in [6.45, 7) is 5.41. The first-order chi connectivity index (χ1) is 8.60. The number of carboxylic acid groups (broad SMARTS) is 1. The van der Waals surface area contributed by atoms with Crippen molar-refractivity contribution in [2.45, 2.75) is 45.6 Å². The first kappa shape index (κ1) is 15.0. The Hall–Kier alpha value is -1.10. The van der Waals surface area contributed by atoms with Gasteiger partial charge in [0.25, 0.3) is 0 Å². The first-order valence-corrected chi connectivity index (χ1v) is 6.73. The zero-order chi connectivity index (χ0) is 13.5. The van der Waals surface area contributed by atoms with Crippen LogP contribution in [0, 0.1) is 5.92 Å². The van der Waals surface area contributed by atoms with Crippen molar-refractivity contribution in [2.75, 3.05) is 19.7 Å². The van der Waals surface area contributed by atoms with Gasteiger partial charge in [-0.05, 0) is 32.7 Å². The van der Waals surface area contributed by atoms with E-state index < -0.39 is 12.0 Å². The van der Waals surface area contributed by atoms with Gasteiger partial charge in [-0.2, -0.15) is 0 Å². The third-order valence-corrected chi connectivity index (χ3v) is 3.36. The fourth-order valence-corrected chi connectivity index (χ4v) is 2.48. The summed E-state index contributed by atoms with van der Waals surface area (Å²) in [6, 6.07) is -0.466. The molecule has 5 nitrogen and oxygen atoms in total. The number of piperidine rings is 1. The van der Waals surface area contributed by atoms with E-state index in [2.05, 4.69) is 0 Å². The monoisotopic (exact) mass is 257 g/mol. The third kappa shape index (κ3) is 3.98. The molecular formula is C13H23NO4. The molecule has 1 aliphatic heterocycles. The molecule has 2 unspecified atom stereocenters. The minimum absolute atomic E-state index is 0.169. The van der Waals surface area contributed by atoms with E-state index in [0.717, 1.165) is 25.8 Å². The standard InChI is InChI=1S/C13H23NO4/c1-3-6-11(12(15)16)14-8-5-7-10(9-14)13(17)18-4-2/h10-11H,3-9H2,1-2H3,(H,15,16). The predicted octanol–water partition coefficient (Wildman–Crippen LogP) is 1.51. The summed E-state index contributed by atoms with van der Waals surface area (Å²) in [5.41, 5.74) is 0. The van der Waals surface area contributed by atoms with E-state index in [-0.39, 0.29) is 11.9 Å². The Balaban J connectivity index is 2.61. The number of aliphatic carboxylic acids is 1. The van der Waals surface area contributed by atoms with Crippen LogP contribution in [0.5, 0.6) is 0 Å². The van der Waals surface area contributed by atoms with Gasteiger partial charge >= 0.3 is 11.9 Å². The van der Waals surface area contributed by atoms with Gasteiger partial charge in [-0.1, -0.05) is 13.3 Å². The highest BCUT2D eigenvalue weighted by molar-refractivity contribution is 5.75. The van der Waals surface area contributed by atoms with Crippen LogP contribution < -0.4 is 0 Å². The van der Waals surface area contributed by atoms with Crippen LogP contribution >= 0.6 is 0 Å². The zero-order valence-corrected chi connectivity index (χ0v) is 11.2. The summed E-state index contributed by atoms with van der Waals surface area (Å²) < 4.78 is 5.02. The maximum atomic E-state index is 11.7. The Morgan fingerprint density at radius 1 is 1.44 bits per heavy atom. The van der Waals surface area contributed by atoms with Gasteiger partial charge in [0.1, 0.15) is 6.04 Å². The molecule has 1 N–H and O–H groups in total. The number of hydrogen-bond acceptors (Lipinski definition) is 4. The number of nitrogens with zero attached hydrogens (tertiary/aromatic N) is 1. The van der Waals surface area contributed by atoms with Crippen molar-refractivity contribution < 1.29 is 19.4 Å². The lowest BCUT2D eigenvalue weighted by Crippen LogP contribution is -2.48. The van der Waals surface area contributed by atoms with Gasteiger partial charge in [0, 0.05) is 6.54 Å². The van der Waals surface area contributed by atoms with Crippen molar-refractivity contribution in [2.24, 2.45) is 5.92 Å². The molecule has 0 aromatic carbocycles. The van der Waals surface area contributed by atoms with Gasteiger partial charge in [0.2, 0.25) is 0 Å². The van der Waals surface area contributed by atoms with Crippen molar-refractivity contribution in [3.05, 3.63) is 0 Å². The molecule has 2 atom stereocenters. The number of carbonyl (C=O) groups excluding carboxylic acids is 1. The van der Waals surface area contributed by atoms with Crippen LogP contribution in [0.15, 0.2) is 0 Å². The second kappa shape index (κ2) is 7.36. The fraction of sp³-hybridized carbons (Fsp3) is 0.846. The molecule has 0 spiro atoms. The Morgan fingerprint density at radius 3 is 2.72 bits per heavy atom. The van der Waals surface area contributed by atoms with Gasteiger partial charge in [-0.3, -0.25) is 14.5 Å². The van der Waals surface area contributed by atoms with Crippen LogP contribution in [-0.4, -0.2) is 47.7 Å². The highest BCUT2D eigenvalue weighted by atomic mass is 16.5. The smallest absolute Gasteiger partial charge is 0.320 e. The van der Waals surface area contributed by atoms with E-state index in [0.29, 0.717) is 19.6 Å². The van der Waals surface area contributed by atoms with Crippen molar-refractivity contribution in [1.29, 1.82) is 0 Å². The zero-order valence-electron chi connectivity index (χ0n) is 11.2. The average Bonchev–Trinajstić information content (AvgIpc) is 2.36. The van der Waals surface area contributed by atoms with Gasteiger partial charge in [0.15, 0.2) is 0 Å². The number of ether oxygens (including phenoxy) is 1. The fourth-order valence-electron chi connectivity index (χ4n) is 2.48. The Kier molecular flexibility index (Phi) is 6.12. The van der Waals surface area contributed by atoms with Crippen LogP contribution in [0.25, 0.3) is 0 Å². The van der Waals surface area contributed by atoms with Crippen molar-refractivity contribution in [3.63, 3.8) is 0 Å². The number of hydrogen-bond donors (Lipinski definition) is 1. The molecule has 0 bridgehead atoms. The van der Waals surface area contributed by atoms with E-state index >= 15 is 0 Å². The topological polar surface area (TPSA) is 66.8 Å². The lowest BCUT2D eigenvalue weighted by Gasteiger charge is -2.35. The van der Waals surface area contributed by atoms with Crippen LogP contribution in [0.4, 0.5) is 0 Å². The van der Waals surface area contributed by atoms with Crippen LogP contribution in [0.1, 0.15) is 39.5 Å². The number of carboxylic acids is 1. The molecule has 1 heterocycles. The second-order valence-corrected chi connectivity index (χ2v) is 4.73. The molecule has 104 valence electrons. The molecule has 1 rings (SSSR count). The van der Waals surface area contributed by atoms with Crippen LogP contribution in [-0.2, 0) is 14.3 Å². The summed E-state index contributed by atoms with van der Waals surface area (Å²) >= 11 is 0. The SMILES string of the molecule is CCCC(C(=O)O)N1CCCC(C(=O)OCC)C1. The summed E-state index contributed by atoms with van der Waals surface area (Å²) in [4.78, 5) is 24.8. The van der Waals surface area contributed by atoms with Crippen molar-refractivity contribution in [3.8, 4) is 0 Å². The minimum atomic E-state index is -0.790. The molecule has 5 heteroatoms. The molecule has 0 saturated carbocycles. The summed E-state index contributed by atoms with van der Waals surface area (Å²) in [7, 11) is 0. The quantitative estimate of drug-likeness (QED) is 0.731. The first-order valence-electron chi connectivity index (χ1n) is 6.73. The molecule has 1 aliphatic rings. The molecule has 0 aliphatic carbocycles. The van der Waals surface area contributed by atoms with Gasteiger partial charge in [0.05, 0.1) is 12.5 Å². The van der Waals surface area contributed by atoms with E-state index in [1.54, 1.807) is 6.92 Å².